The first kappa shape index (κ1) is 24.7. The van der Waals surface area contributed by atoms with Crippen molar-refractivity contribution in [2.24, 2.45) is 0 Å². The quantitative estimate of drug-likeness (QED) is 0.238. The van der Waals surface area contributed by atoms with Crippen LogP contribution in [0.5, 0.6) is 0 Å². The Kier molecular flexibility index (Phi) is 21.4. The Hall–Kier alpha value is -0.320. The molecule has 0 saturated carbocycles. The monoisotopic (exact) mass is 366 g/mol. The molecule has 0 fully saturated rings. The molecule has 0 amide bonds. The summed E-state index contributed by atoms with van der Waals surface area (Å²) in [6.45, 7) is 12.9. The smallest absolute Gasteiger partial charge is 0.0701 e. The van der Waals surface area contributed by atoms with E-state index in [1.807, 2.05) is 0 Å². The Morgan fingerprint density at radius 2 is 1.00 bits per heavy atom. The molecule has 0 aliphatic rings. The summed E-state index contributed by atoms with van der Waals surface area (Å²) in [6, 6.07) is 0. The third-order valence-electron chi connectivity index (χ3n) is 3.02. The minimum absolute atomic E-state index is 0.324. The molecule has 0 radical (unpaired) electrons. The predicted octanol–water partition coefficient (Wildman–Crippen LogP) is -0.351. The lowest BCUT2D eigenvalue weighted by molar-refractivity contribution is -0.0106. The van der Waals surface area contributed by atoms with Gasteiger partial charge in [0.2, 0.25) is 0 Å². The number of nitrogens with one attached hydrogen (secondary N) is 2. The summed E-state index contributed by atoms with van der Waals surface area (Å²) >= 11 is 0. The Balaban J connectivity index is 2.96. The van der Waals surface area contributed by atoms with Crippen LogP contribution in [0.3, 0.4) is 0 Å². The van der Waals surface area contributed by atoms with Crippen LogP contribution in [0.2, 0.25) is 0 Å². The molecule has 0 aliphatic heterocycles. The normalized spacial score (nSPS) is 12.6. The van der Waals surface area contributed by atoms with Crippen molar-refractivity contribution in [1.82, 2.24) is 10.6 Å². The van der Waals surface area contributed by atoms with Crippen LogP contribution in [0.1, 0.15) is 13.8 Å². The molecule has 0 rings (SSSR count). The number of likely N-dealkylation sites (N-methyl/N-ethyl adjacent to an activating group) is 1. The maximum Gasteiger partial charge on any atom is 0.0701 e. The van der Waals surface area contributed by atoms with Crippen molar-refractivity contribution in [2.75, 3.05) is 92.2 Å². The number of aliphatic hydroxyl groups is 1. The minimum Gasteiger partial charge on any atom is -0.392 e. The van der Waals surface area contributed by atoms with Crippen LogP contribution in [0.15, 0.2) is 0 Å². The largest absolute Gasteiger partial charge is 0.392 e. The van der Waals surface area contributed by atoms with Crippen LogP contribution in [-0.2, 0) is 23.7 Å². The average molecular weight is 366 g/mol. The van der Waals surface area contributed by atoms with Gasteiger partial charge in [-0.25, -0.2) is 0 Å². The SMILES string of the molecule is CCNCCOCCOCCOCCOCCOCCNCC(C)O. The molecular formula is C17H38N2O6. The first-order valence-corrected chi connectivity index (χ1v) is 9.25. The van der Waals surface area contributed by atoms with E-state index < -0.39 is 0 Å². The van der Waals surface area contributed by atoms with Gasteiger partial charge in [0.05, 0.1) is 72.2 Å². The summed E-state index contributed by atoms with van der Waals surface area (Å²) in [4.78, 5) is 0. The second-order valence-electron chi connectivity index (χ2n) is 5.47. The third kappa shape index (κ3) is 23.7. The highest BCUT2D eigenvalue weighted by Gasteiger charge is 1.95. The zero-order chi connectivity index (χ0) is 18.4. The number of rotatable bonds is 21. The predicted molar refractivity (Wildman–Crippen MR) is 97.2 cm³/mol. The van der Waals surface area contributed by atoms with E-state index >= 15 is 0 Å². The van der Waals surface area contributed by atoms with Gasteiger partial charge in [-0.2, -0.15) is 0 Å². The van der Waals surface area contributed by atoms with E-state index in [1.165, 1.54) is 0 Å². The Morgan fingerprint density at radius 3 is 1.36 bits per heavy atom. The maximum absolute atomic E-state index is 9.05. The van der Waals surface area contributed by atoms with E-state index in [4.69, 9.17) is 28.8 Å². The van der Waals surface area contributed by atoms with Crippen LogP contribution < -0.4 is 10.6 Å². The second-order valence-corrected chi connectivity index (χ2v) is 5.47. The van der Waals surface area contributed by atoms with Gasteiger partial charge < -0.3 is 39.4 Å². The first-order valence-electron chi connectivity index (χ1n) is 9.25. The van der Waals surface area contributed by atoms with Crippen LogP contribution in [-0.4, -0.2) is 103 Å². The molecule has 0 spiro atoms. The molecule has 152 valence electrons. The van der Waals surface area contributed by atoms with Crippen LogP contribution in [0.4, 0.5) is 0 Å². The van der Waals surface area contributed by atoms with E-state index in [0.717, 1.165) is 19.6 Å². The van der Waals surface area contributed by atoms with Gasteiger partial charge in [-0.1, -0.05) is 6.92 Å². The van der Waals surface area contributed by atoms with E-state index in [2.05, 4.69) is 17.6 Å². The van der Waals surface area contributed by atoms with Crippen molar-refractivity contribution in [3.63, 3.8) is 0 Å². The molecule has 0 saturated heterocycles. The molecule has 0 aliphatic carbocycles. The number of aliphatic hydroxyl groups excluding tert-OH is 1. The molecule has 0 bridgehead atoms. The van der Waals surface area contributed by atoms with E-state index in [0.29, 0.717) is 72.6 Å². The summed E-state index contributed by atoms with van der Waals surface area (Å²) in [7, 11) is 0. The van der Waals surface area contributed by atoms with E-state index in [-0.39, 0.29) is 6.10 Å². The van der Waals surface area contributed by atoms with Gasteiger partial charge in [0, 0.05) is 19.6 Å². The molecule has 25 heavy (non-hydrogen) atoms. The van der Waals surface area contributed by atoms with Crippen molar-refractivity contribution < 1.29 is 28.8 Å². The van der Waals surface area contributed by atoms with E-state index in [1.54, 1.807) is 6.92 Å². The van der Waals surface area contributed by atoms with Crippen molar-refractivity contribution in [3.05, 3.63) is 0 Å². The molecule has 0 aromatic heterocycles. The highest BCUT2D eigenvalue weighted by Crippen LogP contribution is 1.84. The van der Waals surface area contributed by atoms with Gasteiger partial charge in [-0.05, 0) is 13.5 Å². The Labute approximate surface area is 152 Å². The lowest BCUT2D eigenvalue weighted by Gasteiger charge is -2.09. The topological polar surface area (TPSA) is 90.4 Å². The molecule has 1 unspecified atom stereocenters. The zero-order valence-electron chi connectivity index (χ0n) is 16.0. The van der Waals surface area contributed by atoms with Crippen LogP contribution in [0.25, 0.3) is 0 Å². The van der Waals surface area contributed by atoms with Crippen LogP contribution >= 0.6 is 0 Å². The lowest BCUT2D eigenvalue weighted by Crippen LogP contribution is -2.28. The van der Waals surface area contributed by atoms with E-state index in [9.17, 15) is 0 Å². The first-order chi connectivity index (χ1) is 12.3. The van der Waals surface area contributed by atoms with Gasteiger partial charge in [0.15, 0.2) is 0 Å². The maximum atomic E-state index is 9.05. The Bertz CT molecular complexity index is 247. The van der Waals surface area contributed by atoms with Gasteiger partial charge in [0.1, 0.15) is 0 Å². The fourth-order valence-corrected chi connectivity index (χ4v) is 1.76. The van der Waals surface area contributed by atoms with Gasteiger partial charge in [0.25, 0.3) is 0 Å². The molecule has 1 atom stereocenters. The van der Waals surface area contributed by atoms with Gasteiger partial charge >= 0.3 is 0 Å². The average Bonchev–Trinajstić information content (AvgIpc) is 2.60. The number of hydrogen-bond acceptors (Lipinski definition) is 8. The molecule has 0 aromatic carbocycles. The van der Waals surface area contributed by atoms with Crippen molar-refractivity contribution in [1.29, 1.82) is 0 Å². The molecule has 0 aromatic rings. The second kappa shape index (κ2) is 21.7. The van der Waals surface area contributed by atoms with Gasteiger partial charge in [-0.15, -0.1) is 0 Å². The highest BCUT2D eigenvalue weighted by molar-refractivity contribution is 4.51. The standard InChI is InChI=1S/C17H38N2O6/c1-3-18-4-6-21-8-10-23-12-14-25-15-13-24-11-9-22-7-5-19-16-17(2)20/h17-20H,3-16H2,1-2H3. The molecule has 8 nitrogen and oxygen atoms in total. The number of ether oxygens (including phenoxy) is 5. The summed E-state index contributed by atoms with van der Waals surface area (Å²) in [6.07, 6.45) is -0.324. The van der Waals surface area contributed by atoms with Crippen molar-refractivity contribution in [3.8, 4) is 0 Å². The van der Waals surface area contributed by atoms with Crippen molar-refractivity contribution in [2.45, 2.75) is 20.0 Å². The minimum atomic E-state index is -0.324. The third-order valence-corrected chi connectivity index (χ3v) is 3.02. The summed E-state index contributed by atoms with van der Waals surface area (Å²) in [5.41, 5.74) is 0. The fourth-order valence-electron chi connectivity index (χ4n) is 1.76. The van der Waals surface area contributed by atoms with Gasteiger partial charge in [-0.3, -0.25) is 0 Å². The molecular weight excluding hydrogens is 328 g/mol. The van der Waals surface area contributed by atoms with Crippen LogP contribution in [0, 0.1) is 0 Å². The Morgan fingerprint density at radius 1 is 0.640 bits per heavy atom. The molecule has 0 heterocycles. The molecule has 3 N–H and O–H groups in total. The van der Waals surface area contributed by atoms with Crippen molar-refractivity contribution >= 4 is 0 Å². The summed E-state index contributed by atoms with van der Waals surface area (Å²) in [5.74, 6) is 0. The fraction of sp³-hybridized carbons (Fsp3) is 1.00. The summed E-state index contributed by atoms with van der Waals surface area (Å²) < 4.78 is 27.0. The summed E-state index contributed by atoms with van der Waals surface area (Å²) in [5, 5.41) is 15.3. The highest BCUT2D eigenvalue weighted by atomic mass is 16.6. The zero-order valence-corrected chi connectivity index (χ0v) is 16.0. The molecule has 8 heteroatoms. The lowest BCUT2D eigenvalue weighted by atomic mass is 10.4. The number of hydrogen-bond donors (Lipinski definition) is 3.